The summed E-state index contributed by atoms with van der Waals surface area (Å²) in [6, 6.07) is 28.9. The van der Waals surface area contributed by atoms with Crippen LogP contribution in [0.3, 0.4) is 0 Å². The fourth-order valence-electron chi connectivity index (χ4n) is 13.6. The lowest BCUT2D eigenvalue weighted by atomic mass is 9.91. The number of amides is 4. The minimum Gasteiger partial charge on any atom is -0.451 e. The molecule has 22 nitrogen and oxygen atoms in total. The van der Waals surface area contributed by atoms with Crippen LogP contribution in [-0.2, 0) is 52.3 Å². The van der Waals surface area contributed by atoms with Crippen LogP contribution in [0.1, 0.15) is 64.1 Å². The zero-order valence-corrected chi connectivity index (χ0v) is 50.1. The van der Waals surface area contributed by atoms with Crippen molar-refractivity contribution in [2.45, 2.75) is 114 Å². The van der Waals surface area contributed by atoms with Gasteiger partial charge in [-0.25, -0.2) is 0 Å². The van der Waals surface area contributed by atoms with Crippen molar-refractivity contribution < 1.29 is 38.1 Å². The van der Waals surface area contributed by atoms with E-state index >= 15 is 0 Å². The van der Waals surface area contributed by atoms with Crippen molar-refractivity contribution in [3.05, 3.63) is 140 Å². The number of H-pyrrole nitrogens is 2. The van der Waals surface area contributed by atoms with Crippen LogP contribution in [0.15, 0.2) is 107 Å². The average Bonchev–Trinajstić information content (AvgIpc) is 1.76. The number of pyridine rings is 2. The lowest BCUT2D eigenvalue weighted by Crippen LogP contribution is -2.64. The normalized spacial score (nSPS) is 26.0. The first kappa shape index (κ1) is 60.4. The molecular weight excluding hydrogens is 1100 g/mol. The smallest absolute Gasteiger partial charge is 0.291 e. The number of morpholine rings is 2. The van der Waals surface area contributed by atoms with E-state index in [1.165, 1.54) is 0 Å². The van der Waals surface area contributed by atoms with E-state index in [-0.39, 0.29) is 71.7 Å². The number of aromatic amines is 2. The Hall–Kier alpha value is -7.28. The Morgan fingerprint density at radius 2 is 0.953 bits per heavy atom. The molecule has 0 saturated carbocycles. The van der Waals surface area contributed by atoms with Crippen LogP contribution in [0.4, 0.5) is 11.4 Å². The maximum absolute atomic E-state index is 14.6. The monoisotopic (exact) mass is 1180 g/mol. The third-order valence-electron chi connectivity index (χ3n) is 18.0. The third-order valence-corrected chi connectivity index (χ3v) is 18.0. The predicted octanol–water partition coefficient (Wildman–Crippen LogP) is 2.82. The molecule has 8 N–H and O–H groups in total. The zero-order chi connectivity index (χ0) is 60.6. The molecule has 0 radical (unpaired) electrons. The summed E-state index contributed by atoms with van der Waals surface area (Å²) in [6.45, 7) is 18.6. The van der Waals surface area contributed by atoms with Crippen LogP contribution in [0.25, 0.3) is 0 Å². The van der Waals surface area contributed by atoms with E-state index in [1.807, 2.05) is 88.4 Å². The Morgan fingerprint density at radius 3 is 1.33 bits per heavy atom. The van der Waals surface area contributed by atoms with Crippen molar-refractivity contribution in [2.75, 3.05) is 102 Å². The average molecular weight is 1180 g/mol. The Kier molecular flexibility index (Phi) is 17.7. The molecule has 4 amide bonds. The van der Waals surface area contributed by atoms with Gasteiger partial charge in [-0.15, -0.1) is 0 Å². The number of piperazine rings is 2. The predicted molar refractivity (Wildman–Crippen MR) is 326 cm³/mol. The van der Waals surface area contributed by atoms with Gasteiger partial charge in [0.05, 0.1) is 37.7 Å². The molecule has 0 bridgehead atoms. The van der Waals surface area contributed by atoms with Gasteiger partial charge in [0.25, 0.3) is 11.1 Å². The number of nitrogens with zero attached hydrogens (tertiary/aromatic N) is 6. The van der Waals surface area contributed by atoms with Gasteiger partial charge in [-0.05, 0) is 62.1 Å². The molecule has 458 valence electrons. The number of aromatic nitrogens is 2. The van der Waals surface area contributed by atoms with E-state index < -0.39 is 46.9 Å². The maximum atomic E-state index is 14.6. The van der Waals surface area contributed by atoms with Crippen LogP contribution in [0.5, 0.6) is 23.0 Å². The van der Waals surface area contributed by atoms with Gasteiger partial charge in [-0.3, -0.25) is 48.4 Å². The van der Waals surface area contributed by atoms with E-state index in [0.29, 0.717) is 126 Å². The zero-order valence-electron chi connectivity index (χ0n) is 50.1. The molecule has 6 aliphatic heterocycles. The van der Waals surface area contributed by atoms with Crippen LogP contribution < -0.4 is 52.5 Å². The summed E-state index contributed by atoms with van der Waals surface area (Å²) < 4.78 is 24.3. The molecule has 0 aliphatic carbocycles. The van der Waals surface area contributed by atoms with Gasteiger partial charge in [0.2, 0.25) is 23.6 Å². The second-order valence-electron chi connectivity index (χ2n) is 25.5. The van der Waals surface area contributed by atoms with Gasteiger partial charge in [0.15, 0.2) is 23.7 Å². The van der Waals surface area contributed by atoms with Gasteiger partial charge in [0.1, 0.15) is 11.5 Å². The molecule has 11 rings (SSSR count). The molecule has 8 heterocycles. The highest BCUT2D eigenvalue weighted by Crippen LogP contribution is 2.42. The molecule has 8 atom stereocenters. The van der Waals surface area contributed by atoms with Crippen LogP contribution in [0, 0.1) is 0 Å². The number of nitrogens with two attached hydrogens (primary N) is 2. The second kappa shape index (κ2) is 25.2. The topological polar surface area (TPSA) is 266 Å². The number of hydrogen-bond acceptors (Lipinski definition) is 16. The van der Waals surface area contributed by atoms with Gasteiger partial charge in [0, 0.05) is 136 Å². The molecule has 2 aromatic heterocycles. The lowest BCUT2D eigenvalue weighted by molar-refractivity contribution is -0.143. The van der Waals surface area contributed by atoms with E-state index in [9.17, 15) is 28.8 Å². The largest absolute Gasteiger partial charge is 0.451 e. The molecule has 4 unspecified atom stereocenters. The Morgan fingerprint density at radius 1 is 0.570 bits per heavy atom. The van der Waals surface area contributed by atoms with Gasteiger partial charge >= 0.3 is 0 Å². The molecule has 22 heteroatoms. The fraction of sp³-hybridized carbons (Fsp3) is 0.500. The lowest BCUT2D eigenvalue weighted by Gasteiger charge is -2.46. The summed E-state index contributed by atoms with van der Waals surface area (Å²) in [4.78, 5) is 101. The van der Waals surface area contributed by atoms with E-state index in [2.05, 4.69) is 54.0 Å². The quantitative estimate of drug-likeness (QED) is 0.0737. The van der Waals surface area contributed by atoms with Crippen molar-refractivity contribution in [1.29, 1.82) is 0 Å². The highest BCUT2D eigenvalue weighted by molar-refractivity contribution is 5.98. The first-order valence-corrected chi connectivity index (χ1v) is 30.1. The van der Waals surface area contributed by atoms with Gasteiger partial charge in [-0.1, -0.05) is 88.4 Å². The second-order valence-corrected chi connectivity index (χ2v) is 25.5. The number of anilines is 2. The van der Waals surface area contributed by atoms with Gasteiger partial charge in [-0.2, -0.15) is 0 Å². The van der Waals surface area contributed by atoms with Crippen LogP contribution in [-0.4, -0.2) is 193 Å². The standard InChI is InChI=1S/C64H82N12O10/c1-39-31-73(35-53(77)75-37-63(3,4)57-49(75)27-51(61(81)69-57)85-45-13-9-7-10-14-45)43(29-67-39)33-71-21-23-83-55(59(65)79)47(71)25-41-17-19-42(20-18-41)26-48-56(60(66)80)84-24-22-72(48)34-44-30-68-40(2)32-74(44)36-54(78)76-38-64(5,6)58-50(76)28-52(62(82)70-58)86-46-15-11-8-12-16-46/h7-20,27-28,39-40,43-44,47-48,55-56,67-68H,21-26,29-38H2,1-6H3,(H2,65,79)(H2,66,80)(H,69,81)(H,70,82)/t39-,40-,43-,44-,47?,48?,55?,56?/m1/s1. The number of fused-ring (bicyclic) bond motifs is 2. The van der Waals surface area contributed by atoms with Crippen LogP contribution >= 0.6 is 0 Å². The van der Waals surface area contributed by atoms with Crippen molar-refractivity contribution in [3.8, 4) is 23.0 Å². The van der Waals surface area contributed by atoms with Crippen molar-refractivity contribution in [3.63, 3.8) is 0 Å². The minimum absolute atomic E-state index is 0.0957. The molecule has 0 spiro atoms. The third kappa shape index (κ3) is 13.2. The van der Waals surface area contributed by atoms with Crippen molar-refractivity contribution in [2.24, 2.45) is 11.5 Å². The van der Waals surface area contributed by atoms with E-state index in [4.69, 9.17) is 30.4 Å². The number of nitrogens with one attached hydrogen (secondary N) is 4. The maximum Gasteiger partial charge on any atom is 0.291 e. The number of carbonyl (C=O) groups is 4. The molecule has 3 aromatic carbocycles. The van der Waals surface area contributed by atoms with Crippen molar-refractivity contribution >= 4 is 35.0 Å². The number of primary amides is 2. The van der Waals surface area contributed by atoms with E-state index in [1.54, 1.807) is 46.2 Å². The number of para-hydroxylation sites is 2. The summed E-state index contributed by atoms with van der Waals surface area (Å²) in [5.41, 5.74) is 15.0. The number of benzene rings is 3. The molecule has 6 aliphatic rings. The Balaban J connectivity index is 0.763. The number of rotatable bonds is 18. The van der Waals surface area contributed by atoms with Gasteiger partial charge < -0.3 is 60.8 Å². The molecular formula is C64H82N12O10. The first-order chi connectivity index (χ1) is 41.2. The molecule has 4 saturated heterocycles. The summed E-state index contributed by atoms with van der Waals surface area (Å²) in [5, 5.41) is 7.25. The summed E-state index contributed by atoms with van der Waals surface area (Å²) in [5.74, 6) is -0.0348. The summed E-state index contributed by atoms with van der Waals surface area (Å²) in [6.07, 6.45) is -0.835. The molecule has 4 fully saturated rings. The number of ether oxygens (including phenoxy) is 4. The minimum atomic E-state index is -0.876. The first-order valence-electron chi connectivity index (χ1n) is 30.1. The Labute approximate surface area is 501 Å². The summed E-state index contributed by atoms with van der Waals surface area (Å²) in [7, 11) is 0. The summed E-state index contributed by atoms with van der Waals surface area (Å²) >= 11 is 0. The van der Waals surface area contributed by atoms with E-state index in [0.717, 1.165) is 11.1 Å². The highest BCUT2D eigenvalue weighted by Gasteiger charge is 2.45. The number of hydrogen-bond donors (Lipinski definition) is 6. The molecule has 5 aromatic rings. The number of carbonyl (C=O) groups excluding carboxylic acids is 4. The highest BCUT2D eigenvalue weighted by atomic mass is 16.5. The molecule has 86 heavy (non-hydrogen) atoms. The Bertz CT molecular complexity index is 3180. The van der Waals surface area contributed by atoms with Crippen LogP contribution in [0.2, 0.25) is 0 Å². The van der Waals surface area contributed by atoms with Crippen molar-refractivity contribution in [1.82, 2.24) is 40.2 Å². The SMILES string of the molecule is C[C@@H]1CN(CC(=O)N2CC(C)(C)c3[nH]c(=O)c(Oc4ccccc4)cc32)[C@@H](CN2CCOC(C(N)=O)C2Cc2ccc(CC3C(C(N)=O)OCCN3C[C@H]3CN[C@H](C)CN3CC(=O)N3CC(C)(C)c4[nH]c(=O)c(Oc5ccccc5)cc43)cc2)CN1. The fourth-order valence-corrected chi connectivity index (χ4v) is 13.6.